The number of esters is 1. The average molecular weight is 201 g/mol. The Bertz CT molecular complexity index is 199. The Balaban J connectivity index is 3.31. The van der Waals surface area contributed by atoms with Gasteiger partial charge in [-0.1, -0.05) is 11.8 Å². The van der Waals surface area contributed by atoms with E-state index in [0.717, 1.165) is 10.5 Å². The Kier molecular flexibility index (Phi) is 7.57. The van der Waals surface area contributed by atoms with Gasteiger partial charge in [0.15, 0.2) is 9.76 Å². The molecule has 66 valence electrons. The van der Waals surface area contributed by atoms with E-state index in [2.05, 4.69) is 4.74 Å². The molecule has 0 amide bonds. The smallest absolute Gasteiger partial charge is 0.320 e. The summed E-state index contributed by atoms with van der Waals surface area (Å²) in [5.41, 5.74) is 1.91. The number of ether oxygens (including phenoxy) is 1. The molecule has 0 unspecified atom stereocenters. The van der Waals surface area contributed by atoms with Crippen LogP contribution in [0.25, 0.3) is 0 Å². The summed E-state index contributed by atoms with van der Waals surface area (Å²) in [6.07, 6.45) is 1.57. The Morgan fingerprint density at radius 3 is 3.08 bits per heavy atom. The Hall–Kier alpha value is -0.906. The molecule has 4 nitrogen and oxygen atoms in total. The topological polar surface area (TPSA) is 59.3 Å². The van der Waals surface area contributed by atoms with Crippen LogP contribution in [-0.2, 0) is 13.6 Å². The van der Waals surface area contributed by atoms with E-state index in [-0.39, 0.29) is 13.0 Å². The summed E-state index contributed by atoms with van der Waals surface area (Å²) in [5, 5.41) is 8.10. The minimum atomic E-state index is -0.510. The lowest BCUT2D eigenvalue weighted by Crippen LogP contribution is -2.03. The minimum Gasteiger partial charge on any atom is -0.465 e. The summed E-state index contributed by atoms with van der Waals surface area (Å²) in [5.74, 6) is -0.476. The zero-order chi connectivity index (χ0) is 9.23. The van der Waals surface area contributed by atoms with E-state index < -0.39 is 15.7 Å². The molecule has 0 heterocycles. The van der Waals surface area contributed by atoms with Crippen LogP contribution in [0, 0.1) is 11.3 Å². The van der Waals surface area contributed by atoms with Gasteiger partial charge in [0.1, 0.15) is 23.5 Å². The zero-order valence-corrected chi connectivity index (χ0v) is 10.4. The first-order valence-electron chi connectivity index (χ1n) is 3.47. The van der Waals surface area contributed by atoms with Crippen molar-refractivity contribution >= 4 is 26.2 Å². The maximum atomic E-state index is 10.6. The number of hydrogen-bond acceptors (Lipinski definition) is 4. The molecule has 12 heavy (non-hydrogen) atoms. The van der Waals surface area contributed by atoms with Crippen molar-refractivity contribution < 1.29 is 13.6 Å². The van der Waals surface area contributed by atoms with Crippen LogP contribution in [0.4, 0.5) is 0 Å². The molecule has 0 aliphatic rings. The van der Waals surface area contributed by atoms with E-state index in [1.807, 2.05) is 5.70 Å². The van der Waals surface area contributed by atoms with Crippen LogP contribution in [0.15, 0.2) is 11.8 Å². The molecule has 0 atom stereocenters. The van der Waals surface area contributed by atoms with Crippen LogP contribution in [0.2, 0.25) is 0 Å². The minimum absolute atomic E-state index is 0.178. The number of nitrogens with zero attached hydrogens (tertiary/aromatic N) is 1. The van der Waals surface area contributed by atoms with Crippen molar-refractivity contribution in [3.63, 3.8) is 0 Å². The van der Waals surface area contributed by atoms with Crippen molar-refractivity contribution in [1.82, 2.24) is 0 Å². The summed E-state index contributed by atoms with van der Waals surface area (Å²) < 4.78 is 9.65. The second-order valence-corrected chi connectivity index (χ2v) is 5.06. The first-order chi connectivity index (χ1) is 5.81. The highest BCUT2D eigenvalue weighted by atomic mass is 28.3. The van der Waals surface area contributed by atoms with Gasteiger partial charge in [0.05, 0.1) is 6.07 Å². The normalized spacial score (nSPS) is 10.9. The summed E-state index contributed by atoms with van der Waals surface area (Å²) in [6, 6.07) is 1.71. The second-order valence-electron chi connectivity index (χ2n) is 1.94. The van der Waals surface area contributed by atoms with Crippen LogP contribution in [0.1, 0.15) is 6.42 Å². The van der Waals surface area contributed by atoms with Crippen LogP contribution < -0.4 is 0 Å². The van der Waals surface area contributed by atoms with Gasteiger partial charge in [-0.2, -0.15) is 5.26 Å². The van der Waals surface area contributed by atoms with E-state index >= 15 is 0 Å². The zero-order valence-electron chi connectivity index (χ0n) is 6.95. The van der Waals surface area contributed by atoms with Gasteiger partial charge in [0, 0.05) is 0 Å². The van der Waals surface area contributed by atoms with Crippen LogP contribution in [-0.4, -0.2) is 32.8 Å². The van der Waals surface area contributed by atoms with E-state index in [0.29, 0.717) is 0 Å². The van der Waals surface area contributed by atoms with E-state index in [4.69, 9.17) is 9.38 Å². The Morgan fingerprint density at radius 1 is 1.75 bits per heavy atom. The van der Waals surface area contributed by atoms with Crippen molar-refractivity contribution in [2.75, 3.05) is 6.61 Å². The standard InChI is InChI=1S/C6H11NO3Si2/c7-3-2-6(8)9-4-1-5-12-10-11/h1,5H,2,4,12H2,11H3. The molecule has 0 bridgehead atoms. The molecular weight excluding hydrogens is 190 g/mol. The molecule has 0 fully saturated rings. The number of carbonyl (C=O) groups excluding carboxylic acids is 1. The summed E-state index contributed by atoms with van der Waals surface area (Å²) in [7, 11) is 0.255. The molecule has 0 saturated carbocycles. The molecular formula is C6H11NO3Si2. The van der Waals surface area contributed by atoms with Gasteiger partial charge in [-0.25, -0.2) is 0 Å². The highest BCUT2D eigenvalue weighted by Gasteiger charge is 1.97. The molecule has 0 aromatic carbocycles. The highest BCUT2D eigenvalue weighted by molar-refractivity contribution is 6.39. The van der Waals surface area contributed by atoms with Crippen LogP contribution >= 0.6 is 0 Å². The van der Waals surface area contributed by atoms with Gasteiger partial charge in [-0.05, 0) is 0 Å². The Morgan fingerprint density at radius 2 is 2.50 bits per heavy atom. The summed E-state index contributed by atoms with van der Waals surface area (Å²) >= 11 is 0. The summed E-state index contributed by atoms with van der Waals surface area (Å²) in [4.78, 5) is 10.6. The van der Waals surface area contributed by atoms with Gasteiger partial charge in [-0.15, -0.1) is 0 Å². The van der Waals surface area contributed by atoms with E-state index in [1.54, 1.807) is 12.1 Å². The predicted molar refractivity (Wildman–Crippen MR) is 49.9 cm³/mol. The molecule has 0 rings (SSSR count). The first kappa shape index (κ1) is 11.1. The molecule has 0 aromatic rings. The maximum Gasteiger partial charge on any atom is 0.320 e. The molecule has 0 aliphatic carbocycles. The van der Waals surface area contributed by atoms with Crippen LogP contribution in [0.5, 0.6) is 0 Å². The number of hydrogen-bond donors (Lipinski definition) is 0. The fraction of sp³-hybridized carbons (Fsp3) is 0.333. The number of nitriles is 1. The van der Waals surface area contributed by atoms with Gasteiger partial charge in [0.2, 0.25) is 0 Å². The lowest BCUT2D eigenvalue weighted by molar-refractivity contribution is -0.141. The molecule has 0 aliphatic heterocycles. The van der Waals surface area contributed by atoms with Crippen molar-refractivity contribution in [1.29, 1.82) is 5.26 Å². The monoisotopic (exact) mass is 201 g/mol. The number of rotatable bonds is 5. The number of carbonyl (C=O) groups is 1. The van der Waals surface area contributed by atoms with Crippen molar-refractivity contribution in [3.8, 4) is 6.07 Å². The SMILES string of the molecule is N#CCC(=O)OCC=C[SiH2]O[SiH3]. The highest BCUT2D eigenvalue weighted by Crippen LogP contribution is 1.84. The quantitative estimate of drug-likeness (QED) is 0.394. The maximum absolute atomic E-state index is 10.6. The lowest BCUT2D eigenvalue weighted by atomic mass is 10.5. The van der Waals surface area contributed by atoms with E-state index in [1.165, 1.54) is 0 Å². The largest absolute Gasteiger partial charge is 0.465 e. The van der Waals surface area contributed by atoms with Crippen molar-refractivity contribution in [3.05, 3.63) is 11.8 Å². The predicted octanol–water partition coefficient (Wildman–Crippen LogP) is -1.66. The van der Waals surface area contributed by atoms with Crippen LogP contribution in [0.3, 0.4) is 0 Å². The fourth-order valence-electron chi connectivity index (χ4n) is 0.489. The third kappa shape index (κ3) is 7.20. The van der Waals surface area contributed by atoms with Gasteiger partial charge >= 0.3 is 5.97 Å². The molecule has 0 saturated heterocycles. The van der Waals surface area contributed by atoms with Gasteiger partial charge < -0.3 is 8.85 Å². The van der Waals surface area contributed by atoms with Gasteiger partial charge in [-0.3, -0.25) is 4.79 Å². The fourth-order valence-corrected chi connectivity index (χ4v) is 1.53. The molecule has 0 N–H and O–H groups in total. The Labute approximate surface area is 76.6 Å². The first-order valence-corrected chi connectivity index (χ1v) is 5.68. The summed E-state index contributed by atoms with van der Waals surface area (Å²) in [6.45, 7) is 0.248. The average Bonchev–Trinajstić information content (AvgIpc) is 2.05. The van der Waals surface area contributed by atoms with E-state index in [9.17, 15) is 4.79 Å². The third-order valence-corrected chi connectivity index (χ3v) is 2.85. The molecule has 0 aromatic heterocycles. The van der Waals surface area contributed by atoms with Gasteiger partial charge in [0.25, 0.3) is 0 Å². The second kappa shape index (κ2) is 8.19. The van der Waals surface area contributed by atoms with Crippen molar-refractivity contribution in [2.45, 2.75) is 6.42 Å². The molecule has 0 spiro atoms. The van der Waals surface area contributed by atoms with Crippen molar-refractivity contribution in [2.24, 2.45) is 0 Å². The lowest BCUT2D eigenvalue weighted by Gasteiger charge is -1.95. The third-order valence-electron chi connectivity index (χ3n) is 0.993. The molecule has 0 radical (unpaired) electrons. The molecule has 6 heteroatoms.